The van der Waals surface area contributed by atoms with Gasteiger partial charge >= 0.3 is 0 Å². The minimum atomic E-state index is 0.131. The largest absolute Gasteiger partial charge is 0.290 e. The highest BCUT2D eigenvalue weighted by molar-refractivity contribution is 5.15. The lowest BCUT2D eigenvalue weighted by atomic mass is 10.0. The van der Waals surface area contributed by atoms with Crippen LogP contribution in [-0.2, 0) is 20.1 Å². The zero-order valence-electron chi connectivity index (χ0n) is 12.3. The molecule has 1 heterocycles. The van der Waals surface area contributed by atoms with Crippen LogP contribution in [-0.4, -0.2) is 20.2 Å². The second kappa shape index (κ2) is 5.57. The number of aromatic nitrogens is 2. The van der Waals surface area contributed by atoms with Gasteiger partial charge in [0.15, 0.2) is 0 Å². The van der Waals surface area contributed by atoms with Crippen molar-refractivity contribution in [3.63, 3.8) is 0 Å². The summed E-state index contributed by atoms with van der Waals surface area (Å²) in [6.45, 7) is 8.65. The van der Waals surface area contributed by atoms with Gasteiger partial charge in [-0.2, -0.15) is 5.10 Å². The molecule has 102 valence electrons. The van der Waals surface area contributed by atoms with Gasteiger partial charge in [0.1, 0.15) is 0 Å². The van der Waals surface area contributed by atoms with Crippen LogP contribution in [0.25, 0.3) is 0 Å². The molecule has 2 aromatic rings. The second-order valence-electron chi connectivity index (χ2n) is 6.03. The van der Waals surface area contributed by atoms with Crippen LogP contribution in [0, 0.1) is 0 Å². The SMILES string of the molecule is Cn1cc(CN(Cc2ccccc2)C(C)(C)C)cn1. The van der Waals surface area contributed by atoms with Crippen molar-refractivity contribution in [2.75, 3.05) is 0 Å². The fraction of sp³-hybridized carbons (Fsp3) is 0.438. The Labute approximate surface area is 115 Å². The van der Waals surface area contributed by atoms with E-state index in [1.165, 1.54) is 11.1 Å². The molecule has 0 aliphatic heterocycles. The van der Waals surface area contributed by atoms with E-state index >= 15 is 0 Å². The van der Waals surface area contributed by atoms with Crippen LogP contribution in [0.2, 0.25) is 0 Å². The van der Waals surface area contributed by atoms with E-state index in [2.05, 4.69) is 67.3 Å². The van der Waals surface area contributed by atoms with Crippen molar-refractivity contribution in [2.45, 2.75) is 39.4 Å². The van der Waals surface area contributed by atoms with Gasteiger partial charge in [-0.1, -0.05) is 30.3 Å². The van der Waals surface area contributed by atoms with Crippen molar-refractivity contribution in [1.82, 2.24) is 14.7 Å². The molecule has 0 bridgehead atoms. The summed E-state index contributed by atoms with van der Waals surface area (Å²) in [6, 6.07) is 10.6. The zero-order valence-corrected chi connectivity index (χ0v) is 12.3. The third-order valence-corrected chi connectivity index (χ3v) is 3.30. The summed E-state index contributed by atoms with van der Waals surface area (Å²) in [5.74, 6) is 0. The molecule has 0 saturated carbocycles. The van der Waals surface area contributed by atoms with E-state index in [4.69, 9.17) is 0 Å². The molecule has 0 aliphatic rings. The molecule has 0 aliphatic carbocycles. The van der Waals surface area contributed by atoms with Gasteiger partial charge < -0.3 is 0 Å². The van der Waals surface area contributed by atoms with E-state index in [0.29, 0.717) is 0 Å². The molecule has 3 nitrogen and oxygen atoms in total. The highest BCUT2D eigenvalue weighted by atomic mass is 15.2. The van der Waals surface area contributed by atoms with Crippen molar-refractivity contribution < 1.29 is 0 Å². The van der Waals surface area contributed by atoms with E-state index in [1.807, 2.05) is 17.9 Å². The maximum Gasteiger partial charge on any atom is 0.0534 e. The first-order chi connectivity index (χ1) is 8.95. The van der Waals surface area contributed by atoms with Crippen molar-refractivity contribution in [3.05, 3.63) is 53.9 Å². The summed E-state index contributed by atoms with van der Waals surface area (Å²) in [7, 11) is 1.96. The quantitative estimate of drug-likeness (QED) is 0.838. The fourth-order valence-electron chi connectivity index (χ4n) is 2.11. The molecule has 1 aromatic carbocycles. The summed E-state index contributed by atoms with van der Waals surface area (Å²) in [5, 5.41) is 4.25. The van der Waals surface area contributed by atoms with Crippen LogP contribution in [0.1, 0.15) is 31.9 Å². The Kier molecular flexibility index (Phi) is 4.05. The molecule has 19 heavy (non-hydrogen) atoms. The predicted octanol–water partition coefficient (Wildman–Crippen LogP) is 3.22. The van der Waals surface area contributed by atoms with Gasteiger partial charge in [-0.25, -0.2) is 0 Å². The van der Waals surface area contributed by atoms with Gasteiger partial charge in [0, 0.05) is 37.4 Å². The van der Waals surface area contributed by atoms with Crippen LogP contribution in [0.4, 0.5) is 0 Å². The molecule has 0 unspecified atom stereocenters. The van der Waals surface area contributed by atoms with Crippen LogP contribution in [0.3, 0.4) is 0 Å². The Morgan fingerprint density at radius 1 is 1.05 bits per heavy atom. The van der Waals surface area contributed by atoms with Gasteiger partial charge in [-0.15, -0.1) is 0 Å². The Morgan fingerprint density at radius 2 is 1.68 bits per heavy atom. The third-order valence-electron chi connectivity index (χ3n) is 3.30. The molecule has 2 rings (SSSR count). The van der Waals surface area contributed by atoms with E-state index in [1.54, 1.807) is 0 Å². The molecule has 3 heteroatoms. The molecule has 0 N–H and O–H groups in total. The van der Waals surface area contributed by atoms with Gasteiger partial charge in [0.05, 0.1) is 6.20 Å². The number of aryl methyl sites for hydroxylation is 1. The topological polar surface area (TPSA) is 21.1 Å². The maximum atomic E-state index is 4.25. The van der Waals surface area contributed by atoms with Crippen LogP contribution < -0.4 is 0 Å². The molecular formula is C16H23N3. The molecule has 0 amide bonds. The Balaban J connectivity index is 2.13. The van der Waals surface area contributed by atoms with E-state index in [0.717, 1.165) is 13.1 Å². The Bertz CT molecular complexity index is 508. The third kappa shape index (κ3) is 3.93. The normalized spacial score (nSPS) is 12.1. The van der Waals surface area contributed by atoms with Crippen molar-refractivity contribution in [2.24, 2.45) is 7.05 Å². The minimum absolute atomic E-state index is 0.131. The van der Waals surface area contributed by atoms with E-state index in [-0.39, 0.29) is 5.54 Å². The molecule has 0 spiro atoms. The second-order valence-corrected chi connectivity index (χ2v) is 6.03. The first-order valence-corrected chi connectivity index (χ1v) is 6.71. The monoisotopic (exact) mass is 257 g/mol. The summed E-state index contributed by atoms with van der Waals surface area (Å²) in [5.41, 5.74) is 2.74. The lowest BCUT2D eigenvalue weighted by Gasteiger charge is -2.35. The molecule has 0 fully saturated rings. The Hall–Kier alpha value is -1.61. The lowest BCUT2D eigenvalue weighted by molar-refractivity contribution is 0.118. The van der Waals surface area contributed by atoms with E-state index < -0.39 is 0 Å². The minimum Gasteiger partial charge on any atom is -0.290 e. The average molecular weight is 257 g/mol. The standard InChI is InChI=1S/C16H23N3/c1-16(2,3)19(12-14-8-6-5-7-9-14)13-15-10-17-18(4)11-15/h5-11H,12-13H2,1-4H3. The van der Waals surface area contributed by atoms with Crippen LogP contribution >= 0.6 is 0 Å². The van der Waals surface area contributed by atoms with Crippen LogP contribution in [0.5, 0.6) is 0 Å². The summed E-state index contributed by atoms with van der Waals surface area (Å²) >= 11 is 0. The van der Waals surface area contributed by atoms with Gasteiger partial charge in [0.25, 0.3) is 0 Å². The highest BCUT2D eigenvalue weighted by Gasteiger charge is 2.21. The molecular weight excluding hydrogens is 234 g/mol. The van der Waals surface area contributed by atoms with E-state index in [9.17, 15) is 0 Å². The summed E-state index contributed by atoms with van der Waals surface area (Å²) in [4.78, 5) is 2.47. The first-order valence-electron chi connectivity index (χ1n) is 6.71. The number of hydrogen-bond donors (Lipinski definition) is 0. The number of hydrogen-bond acceptors (Lipinski definition) is 2. The maximum absolute atomic E-state index is 4.25. The summed E-state index contributed by atoms with van der Waals surface area (Å²) in [6.07, 6.45) is 4.04. The zero-order chi connectivity index (χ0) is 13.9. The number of nitrogens with zero attached hydrogens (tertiary/aromatic N) is 3. The molecule has 0 radical (unpaired) electrons. The Morgan fingerprint density at radius 3 is 2.21 bits per heavy atom. The van der Waals surface area contributed by atoms with Crippen molar-refractivity contribution >= 4 is 0 Å². The number of rotatable bonds is 4. The molecule has 1 aromatic heterocycles. The van der Waals surface area contributed by atoms with Crippen LogP contribution in [0.15, 0.2) is 42.7 Å². The molecule has 0 saturated heterocycles. The van der Waals surface area contributed by atoms with Crippen molar-refractivity contribution in [3.8, 4) is 0 Å². The fourth-order valence-corrected chi connectivity index (χ4v) is 2.11. The van der Waals surface area contributed by atoms with Gasteiger partial charge in [-0.05, 0) is 26.3 Å². The lowest BCUT2D eigenvalue weighted by Crippen LogP contribution is -2.40. The van der Waals surface area contributed by atoms with Crippen molar-refractivity contribution in [1.29, 1.82) is 0 Å². The predicted molar refractivity (Wildman–Crippen MR) is 78.7 cm³/mol. The number of benzene rings is 1. The molecule has 0 atom stereocenters. The first kappa shape index (κ1) is 13.8. The highest BCUT2D eigenvalue weighted by Crippen LogP contribution is 2.20. The summed E-state index contributed by atoms with van der Waals surface area (Å²) < 4.78 is 1.86. The smallest absolute Gasteiger partial charge is 0.0534 e. The van der Waals surface area contributed by atoms with Gasteiger partial charge in [-0.3, -0.25) is 9.58 Å². The average Bonchev–Trinajstić information content (AvgIpc) is 2.74. The van der Waals surface area contributed by atoms with Gasteiger partial charge in [0.2, 0.25) is 0 Å².